The average molecular weight is 302 g/mol. The zero-order valence-corrected chi connectivity index (χ0v) is 11.9. The Kier molecular flexibility index (Phi) is 3.49. The van der Waals surface area contributed by atoms with Gasteiger partial charge in [0.05, 0.1) is 12.8 Å². The van der Waals surface area contributed by atoms with Crippen molar-refractivity contribution in [2.24, 2.45) is 0 Å². The highest BCUT2D eigenvalue weighted by Gasteiger charge is 2.15. The van der Waals surface area contributed by atoms with Crippen molar-refractivity contribution in [2.45, 2.75) is 0 Å². The van der Waals surface area contributed by atoms with Crippen molar-refractivity contribution in [3.63, 3.8) is 0 Å². The number of H-pyrrole nitrogens is 1. The lowest BCUT2D eigenvalue weighted by Crippen LogP contribution is -2.02. The predicted molar refractivity (Wildman–Crippen MR) is 78.5 cm³/mol. The van der Waals surface area contributed by atoms with E-state index >= 15 is 0 Å². The summed E-state index contributed by atoms with van der Waals surface area (Å²) in [7, 11) is 1.47. The van der Waals surface area contributed by atoms with E-state index in [1.54, 1.807) is 16.8 Å². The monoisotopic (exact) mass is 302 g/mol. The van der Waals surface area contributed by atoms with Crippen LogP contribution in [0.4, 0.5) is 4.39 Å². The summed E-state index contributed by atoms with van der Waals surface area (Å²) < 4.78 is 20.6. The van der Waals surface area contributed by atoms with Gasteiger partial charge in [-0.1, -0.05) is 6.07 Å². The molecule has 0 amide bonds. The molecule has 0 bridgehead atoms. The molecule has 3 rings (SSSR count). The second-order valence-corrected chi connectivity index (χ2v) is 4.61. The fourth-order valence-electron chi connectivity index (χ4n) is 2.02. The first-order chi connectivity index (χ1) is 10.2. The van der Waals surface area contributed by atoms with Gasteiger partial charge in [-0.15, -0.1) is 0 Å². The molecule has 0 aliphatic rings. The summed E-state index contributed by atoms with van der Waals surface area (Å²) in [5.41, 5.74) is 1.24. The van der Waals surface area contributed by atoms with E-state index in [-0.39, 0.29) is 5.82 Å². The molecule has 2 aromatic heterocycles. The molecule has 106 valence electrons. The Morgan fingerprint density at radius 1 is 1.29 bits per heavy atom. The van der Waals surface area contributed by atoms with Crippen LogP contribution >= 0.6 is 12.2 Å². The van der Waals surface area contributed by atoms with Gasteiger partial charge in [0.15, 0.2) is 10.6 Å². The molecule has 1 N–H and O–H groups in total. The maximum Gasteiger partial charge on any atom is 0.200 e. The largest absolute Gasteiger partial charge is 0.494 e. The average Bonchev–Trinajstić information content (AvgIpc) is 2.89. The van der Waals surface area contributed by atoms with E-state index in [1.807, 2.05) is 18.2 Å². The summed E-state index contributed by atoms with van der Waals surface area (Å²) in [6.45, 7) is 0. The number of hydrogen-bond acceptors (Lipinski definition) is 4. The molecule has 0 aliphatic heterocycles. The van der Waals surface area contributed by atoms with Crippen molar-refractivity contribution in [3.8, 4) is 23.0 Å². The van der Waals surface area contributed by atoms with Crippen molar-refractivity contribution in [1.29, 1.82) is 0 Å². The van der Waals surface area contributed by atoms with E-state index in [0.29, 0.717) is 27.7 Å². The third-order valence-corrected chi connectivity index (χ3v) is 3.22. The van der Waals surface area contributed by atoms with Crippen molar-refractivity contribution in [2.75, 3.05) is 7.11 Å². The van der Waals surface area contributed by atoms with Gasteiger partial charge in [0.1, 0.15) is 17.3 Å². The zero-order valence-electron chi connectivity index (χ0n) is 11.1. The number of aromatic nitrogens is 4. The number of aromatic amines is 1. The molecule has 7 heteroatoms. The molecular formula is C14H11FN4OS. The standard InChI is InChI=1S/C14H11FN4OS/c1-20-12-8-9(15)5-6-11(12)19-13(17-18-14(19)21)10-4-2-3-7-16-10/h2-8H,1H3,(H,18,21). The number of pyridine rings is 1. The van der Waals surface area contributed by atoms with Gasteiger partial charge in [-0.2, -0.15) is 5.10 Å². The molecular weight excluding hydrogens is 291 g/mol. The lowest BCUT2D eigenvalue weighted by atomic mass is 10.2. The topological polar surface area (TPSA) is 55.7 Å². The minimum atomic E-state index is -0.384. The van der Waals surface area contributed by atoms with Gasteiger partial charge in [-0.25, -0.2) is 4.39 Å². The number of hydrogen-bond donors (Lipinski definition) is 1. The van der Waals surface area contributed by atoms with Crippen LogP contribution in [0.3, 0.4) is 0 Å². The maximum absolute atomic E-state index is 13.3. The number of nitrogens with zero attached hydrogens (tertiary/aromatic N) is 3. The number of rotatable bonds is 3. The predicted octanol–water partition coefficient (Wildman–Crippen LogP) is 3.14. The van der Waals surface area contributed by atoms with Gasteiger partial charge in [-0.05, 0) is 36.5 Å². The van der Waals surface area contributed by atoms with Crippen LogP contribution in [-0.2, 0) is 0 Å². The van der Waals surface area contributed by atoms with Gasteiger partial charge < -0.3 is 4.74 Å². The molecule has 21 heavy (non-hydrogen) atoms. The quantitative estimate of drug-likeness (QED) is 0.755. The fourth-order valence-corrected chi connectivity index (χ4v) is 2.25. The van der Waals surface area contributed by atoms with Crippen LogP contribution in [0.1, 0.15) is 0 Å². The summed E-state index contributed by atoms with van der Waals surface area (Å²) in [5, 5.41) is 6.92. The van der Waals surface area contributed by atoms with E-state index in [0.717, 1.165) is 0 Å². The molecule has 5 nitrogen and oxygen atoms in total. The number of benzene rings is 1. The lowest BCUT2D eigenvalue weighted by Gasteiger charge is -2.11. The Labute approximate surface area is 125 Å². The Morgan fingerprint density at radius 3 is 2.86 bits per heavy atom. The fraction of sp³-hybridized carbons (Fsp3) is 0.0714. The number of nitrogens with one attached hydrogen (secondary N) is 1. The third kappa shape index (κ3) is 2.43. The highest BCUT2D eigenvalue weighted by atomic mass is 32.1. The van der Waals surface area contributed by atoms with Crippen molar-refractivity contribution < 1.29 is 9.13 Å². The van der Waals surface area contributed by atoms with Crippen molar-refractivity contribution in [3.05, 3.63) is 53.2 Å². The van der Waals surface area contributed by atoms with Gasteiger partial charge in [-0.3, -0.25) is 14.6 Å². The smallest absolute Gasteiger partial charge is 0.200 e. The molecule has 0 spiro atoms. The number of ether oxygens (including phenoxy) is 1. The van der Waals surface area contributed by atoms with Gasteiger partial charge in [0.2, 0.25) is 0 Å². The minimum Gasteiger partial charge on any atom is -0.494 e. The van der Waals surface area contributed by atoms with Gasteiger partial charge in [0.25, 0.3) is 0 Å². The van der Waals surface area contributed by atoms with Crippen LogP contribution in [0.2, 0.25) is 0 Å². The van der Waals surface area contributed by atoms with Crippen LogP contribution in [0.25, 0.3) is 17.2 Å². The molecule has 0 aliphatic carbocycles. The van der Waals surface area contributed by atoms with E-state index < -0.39 is 0 Å². The Bertz CT molecular complexity index is 828. The highest BCUT2D eigenvalue weighted by Crippen LogP contribution is 2.27. The second kappa shape index (κ2) is 5.45. The molecule has 1 aromatic carbocycles. The highest BCUT2D eigenvalue weighted by molar-refractivity contribution is 7.71. The Balaban J connectivity index is 2.25. The van der Waals surface area contributed by atoms with E-state index in [2.05, 4.69) is 15.2 Å². The number of halogens is 1. The molecule has 0 atom stereocenters. The van der Waals surface area contributed by atoms with Gasteiger partial charge >= 0.3 is 0 Å². The molecule has 0 fully saturated rings. The Morgan fingerprint density at radius 2 is 2.14 bits per heavy atom. The first-order valence-corrected chi connectivity index (χ1v) is 6.54. The zero-order chi connectivity index (χ0) is 14.8. The van der Waals surface area contributed by atoms with E-state index in [9.17, 15) is 4.39 Å². The number of methoxy groups -OCH3 is 1. The van der Waals surface area contributed by atoms with Crippen LogP contribution in [-0.4, -0.2) is 26.9 Å². The van der Waals surface area contributed by atoms with E-state index in [1.165, 1.54) is 19.2 Å². The van der Waals surface area contributed by atoms with Crippen LogP contribution in [0.15, 0.2) is 42.6 Å². The third-order valence-electron chi connectivity index (χ3n) is 2.95. The van der Waals surface area contributed by atoms with Crippen LogP contribution < -0.4 is 4.74 Å². The summed E-state index contributed by atoms with van der Waals surface area (Å²) >= 11 is 5.26. The van der Waals surface area contributed by atoms with Crippen molar-refractivity contribution in [1.82, 2.24) is 19.7 Å². The maximum atomic E-state index is 13.3. The molecule has 3 aromatic rings. The minimum absolute atomic E-state index is 0.365. The van der Waals surface area contributed by atoms with Gasteiger partial charge in [0, 0.05) is 12.3 Å². The summed E-state index contributed by atoms with van der Waals surface area (Å²) in [5.74, 6) is 0.514. The first-order valence-electron chi connectivity index (χ1n) is 6.13. The summed E-state index contributed by atoms with van der Waals surface area (Å²) in [6, 6.07) is 9.71. The molecule has 0 unspecified atom stereocenters. The first kappa shape index (κ1) is 13.4. The summed E-state index contributed by atoms with van der Waals surface area (Å²) in [6.07, 6.45) is 1.67. The second-order valence-electron chi connectivity index (χ2n) is 4.22. The molecule has 0 radical (unpaired) electrons. The normalized spacial score (nSPS) is 10.6. The lowest BCUT2D eigenvalue weighted by molar-refractivity contribution is 0.409. The molecule has 0 saturated carbocycles. The Hall–Kier alpha value is -2.54. The molecule has 0 saturated heterocycles. The van der Waals surface area contributed by atoms with Crippen molar-refractivity contribution >= 4 is 12.2 Å². The van der Waals surface area contributed by atoms with Crippen LogP contribution in [0.5, 0.6) is 5.75 Å². The van der Waals surface area contributed by atoms with Crippen LogP contribution in [0, 0.1) is 10.6 Å². The van der Waals surface area contributed by atoms with E-state index in [4.69, 9.17) is 17.0 Å². The SMILES string of the molecule is COc1cc(F)ccc1-n1c(-c2ccccn2)n[nH]c1=S. The molecule has 2 heterocycles. The summed E-state index contributed by atoms with van der Waals surface area (Å²) in [4.78, 5) is 4.26.